The molecule has 0 aliphatic rings. The number of aryl methyl sites for hydroxylation is 1. The highest BCUT2D eigenvalue weighted by Gasteiger charge is 2.27. The second kappa shape index (κ2) is 5.21. The number of pyridine rings is 1. The van der Waals surface area contributed by atoms with E-state index < -0.39 is 0 Å². The van der Waals surface area contributed by atoms with Crippen LogP contribution in [0.4, 0.5) is 0 Å². The van der Waals surface area contributed by atoms with Gasteiger partial charge in [0.25, 0.3) is 0 Å². The van der Waals surface area contributed by atoms with Gasteiger partial charge in [0, 0.05) is 17.7 Å². The van der Waals surface area contributed by atoms with Crippen molar-refractivity contribution in [2.75, 3.05) is 0 Å². The quantitative estimate of drug-likeness (QED) is 0.919. The zero-order chi connectivity index (χ0) is 15.1. The summed E-state index contributed by atoms with van der Waals surface area (Å²) in [6, 6.07) is 4.21. The van der Waals surface area contributed by atoms with E-state index in [1.807, 2.05) is 0 Å². The molecule has 110 valence electrons. The van der Waals surface area contributed by atoms with E-state index in [4.69, 9.17) is 10.7 Å². The Hall–Kier alpha value is -1.35. The third-order valence-corrected chi connectivity index (χ3v) is 3.59. The van der Waals surface area contributed by atoms with Gasteiger partial charge in [-0.2, -0.15) is 0 Å². The van der Waals surface area contributed by atoms with Crippen LogP contribution >= 0.6 is 0 Å². The topological polar surface area (TPSA) is 43.3 Å². The standard InChI is InChI=1S/C17H27N3/c1-11(2)9-13(18)15-16(17(4,5)6)19-14-8-7-12(3)10-20(14)15/h7-8,10-11,13H,9,18H2,1-6H3. The van der Waals surface area contributed by atoms with Crippen LogP contribution in [0.25, 0.3) is 5.65 Å². The summed E-state index contributed by atoms with van der Waals surface area (Å²) in [5.41, 5.74) is 11.0. The molecule has 2 N–H and O–H groups in total. The molecule has 1 unspecified atom stereocenters. The van der Waals surface area contributed by atoms with E-state index in [2.05, 4.69) is 64.3 Å². The Morgan fingerprint density at radius 2 is 1.90 bits per heavy atom. The predicted octanol–water partition coefficient (Wildman–Crippen LogP) is 3.99. The molecule has 2 aromatic rings. The van der Waals surface area contributed by atoms with Crippen molar-refractivity contribution in [3.8, 4) is 0 Å². The molecule has 0 aromatic carbocycles. The van der Waals surface area contributed by atoms with Crippen LogP contribution in [0.3, 0.4) is 0 Å². The molecule has 0 aliphatic heterocycles. The second-order valence-corrected chi connectivity index (χ2v) is 7.27. The number of fused-ring (bicyclic) bond motifs is 1. The monoisotopic (exact) mass is 273 g/mol. The first-order valence-corrected chi connectivity index (χ1v) is 7.45. The summed E-state index contributed by atoms with van der Waals surface area (Å²) < 4.78 is 2.18. The molecule has 3 heteroatoms. The maximum atomic E-state index is 6.49. The van der Waals surface area contributed by atoms with Crippen molar-refractivity contribution >= 4 is 5.65 Å². The fourth-order valence-corrected chi connectivity index (χ4v) is 2.69. The van der Waals surface area contributed by atoms with Crippen molar-refractivity contribution in [1.82, 2.24) is 9.38 Å². The fraction of sp³-hybridized carbons (Fsp3) is 0.588. The molecule has 0 aliphatic carbocycles. The van der Waals surface area contributed by atoms with Crippen molar-refractivity contribution in [3.05, 3.63) is 35.3 Å². The molecular weight excluding hydrogens is 246 g/mol. The zero-order valence-electron chi connectivity index (χ0n) is 13.6. The van der Waals surface area contributed by atoms with Crippen molar-refractivity contribution in [2.24, 2.45) is 11.7 Å². The molecule has 2 heterocycles. The van der Waals surface area contributed by atoms with Gasteiger partial charge in [-0.05, 0) is 30.9 Å². The van der Waals surface area contributed by atoms with Crippen LogP contribution in [0.1, 0.15) is 64.0 Å². The van der Waals surface area contributed by atoms with Crippen LogP contribution in [0, 0.1) is 12.8 Å². The van der Waals surface area contributed by atoms with Crippen LogP contribution in [0.5, 0.6) is 0 Å². The van der Waals surface area contributed by atoms with E-state index in [0.29, 0.717) is 5.92 Å². The molecule has 0 bridgehead atoms. The molecule has 3 nitrogen and oxygen atoms in total. The molecule has 2 rings (SSSR count). The van der Waals surface area contributed by atoms with E-state index in [0.717, 1.165) is 17.8 Å². The number of rotatable bonds is 3. The summed E-state index contributed by atoms with van der Waals surface area (Å²) in [6.45, 7) is 13.1. The number of aromatic nitrogens is 2. The van der Waals surface area contributed by atoms with Crippen molar-refractivity contribution in [2.45, 2.75) is 59.4 Å². The Labute approximate surface area is 122 Å². The van der Waals surface area contributed by atoms with Gasteiger partial charge in [0.1, 0.15) is 5.65 Å². The highest BCUT2D eigenvalue weighted by Crippen LogP contribution is 2.31. The molecule has 20 heavy (non-hydrogen) atoms. The van der Waals surface area contributed by atoms with Gasteiger partial charge in [-0.1, -0.05) is 40.7 Å². The van der Waals surface area contributed by atoms with Crippen LogP contribution in [-0.4, -0.2) is 9.38 Å². The van der Waals surface area contributed by atoms with Gasteiger partial charge >= 0.3 is 0 Å². The maximum Gasteiger partial charge on any atom is 0.137 e. The SMILES string of the molecule is Cc1ccc2nc(C(C)(C)C)c(C(N)CC(C)C)n2c1. The summed E-state index contributed by atoms with van der Waals surface area (Å²) >= 11 is 0. The fourth-order valence-electron chi connectivity index (χ4n) is 2.69. The summed E-state index contributed by atoms with van der Waals surface area (Å²) in [6.07, 6.45) is 3.12. The molecule has 1 atom stereocenters. The van der Waals surface area contributed by atoms with Gasteiger partial charge in [-0.3, -0.25) is 0 Å². The number of hydrogen-bond acceptors (Lipinski definition) is 2. The summed E-state index contributed by atoms with van der Waals surface area (Å²) in [5.74, 6) is 0.577. The van der Waals surface area contributed by atoms with E-state index >= 15 is 0 Å². The van der Waals surface area contributed by atoms with E-state index in [1.54, 1.807) is 0 Å². The first kappa shape index (κ1) is 15.0. The number of hydrogen-bond donors (Lipinski definition) is 1. The Balaban J connectivity index is 2.66. The number of nitrogens with two attached hydrogens (primary N) is 1. The van der Waals surface area contributed by atoms with Gasteiger partial charge in [-0.15, -0.1) is 0 Å². The van der Waals surface area contributed by atoms with Gasteiger partial charge in [0.2, 0.25) is 0 Å². The number of nitrogens with zero attached hydrogens (tertiary/aromatic N) is 2. The van der Waals surface area contributed by atoms with Gasteiger partial charge in [0.15, 0.2) is 0 Å². The van der Waals surface area contributed by atoms with Gasteiger partial charge in [-0.25, -0.2) is 4.98 Å². The minimum Gasteiger partial charge on any atom is -0.323 e. The molecular formula is C17H27N3. The smallest absolute Gasteiger partial charge is 0.137 e. The molecule has 0 amide bonds. The van der Waals surface area contributed by atoms with Gasteiger partial charge < -0.3 is 10.1 Å². The van der Waals surface area contributed by atoms with E-state index in [9.17, 15) is 0 Å². The first-order valence-electron chi connectivity index (χ1n) is 7.45. The average Bonchev–Trinajstić information content (AvgIpc) is 2.66. The predicted molar refractivity (Wildman–Crippen MR) is 85.0 cm³/mol. The Bertz CT molecular complexity index is 602. The minimum absolute atomic E-state index is 0.00383. The highest BCUT2D eigenvalue weighted by molar-refractivity contribution is 5.47. The lowest BCUT2D eigenvalue weighted by atomic mass is 9.87. The Kier molecular flexibility index (Phi) is 3.92. The first-order chi connectivity index (χ1) is 9.20. The zero-order valence-corrected chi connectivity index (χ0v) is 13.6. The van der Waals surface area contributed by atoms with Crippen molar-refractivity contribution in [1.29, 1.82) is 0 Å². The summed E-state index contributed by atoms with van der Waals surface area (Å²) in [4.78, 5) is 4.84. The van der Waals surface area contributed by atoms with E-state index in [1.165, 1.54) is 11.3 Å². The van der Waals surface area contributed by atoms with Crippen LogP contribution in [-0.2, 0) is 5.41 Å². The third-order valence-electron chi connectivity index (χ3n) is 3.59. The Morgan fingerprint density at radius 3 is 2.45 bits per heavy atom. The lowest BCUT2D eigenvalue weighted by molar-refractivity contribution is 0.481. The molecule has 0 saturated carbocycles. The van der Waals surface area contributed by atoms with Crippen molar-refractivity contribution in [3.63, 3.8) is 0 Å². The summed E-state index contributed by atoms with van der Waals surface area (Å²) in [5, 5.41) is 0. The van der Waals surface area contributed by atoms with Gasteiger partial charge in [0.05, 0.1) is 11.4 Å². The van der Waals surface area contributed by atoms with Crippen LogP contribution < -0.4 is 5.73 Å². The molecule has 0 spiro atoms. The van der Waals surface area contributed by atoms with Crippen molar-refractivity contribution < 1.29 is 0 Å². The molecule has 0 fully saturated rings. The normalized spacial score (nSPS) is 14.2. The largest absolute Gasteiger partial charge is 0.323 e. The highest BCUT2D eigenvalue weighted by atomic mass is 15.0. The van der Waals surface area contributed by atoms with Crippen LogP contribution in [0.2, 0.25) is 0 Å². The molecule has 0 radical (unpaired) electrons. The lowest BCUT2D eigenvalue weighted by Crippen LogP contribution is -2.22. The third kappa shape index (κ3) is 2.88. The summed E-state index contributed by atoms with van der Waals surface area (Å²) in [7, 11) is 0. The average molecular weight is 273 g/mol. The lowest BCUT2D eigenvalue weighted by Gasteiger charge is -2.22. The van der Waals surface area contributed by atoms with E-state index in [-0.39, 0.29) is 11.5 Å². The number of imidazole rings is 1. The van der Waals surface area contributed by atoms with Crippen LogP contribution in [0.15, 0.2) is 18.3 Å². The molecule has 2 aromatic heterocycles. The minimum atomic E-state index is 0.00383. The second-order valence-electron chi connectivity index (χ2n) is 7.27. The molecule has 0 saturated heterocycles. The Morgan fingerprint density at radius 1 is 1.25 bits per heavy atom. The maximum absolute atomic E-state index is 6.49.